The molecule has 5 heteroatoms. The van der Waals surface area contributed by atoms with Crippen LogP contribution < -0.4 is 16.0 Å². The number of para-hydroxylation sites is 1. The zero-order chi connectivity index (χ0) is 18.6. The molecular formula is C22H27N5. The molecule has 1 saturated heterocycles. The summed E-state index contributed by atoms with van der Waals surface area (Å²) < 4.78 is 0. The van der Waals surface area contributed by atoms with Crippen molar-refractivity contribution in [2.24, 2.45) is 5.73 Å². The van der Waals surface area contributed by atoms with E-state index in [1.807, 2.05) is 18.2 Å². The number of benzene rings is 2. The first-order valence-corrected chi connectivity index (χ1v) is 9.78. The van der Waals surface area contributed by atoms with Crippen LogP contribution in [0.25, 0.3) is 10.9 Å². The maximum Gasteiger partial charge on any atom is 0.137 e. The van der Waals surface area contributed by atoms with E-state index in [1.54, 1.807) is 0 Å². The number of fused-ring (bicyclic) bond motifs is 1. The molecule has 0 radical (unpaired) electrons. The molecule has 1 aliphatic rings. The van der Waals surface area contributed by atoms with Gasteiger partial charge in [-0.05, 0) is 55.6 Å². The van der Waals surface area contributed by atoms with Crippen LogP contribution in [0.2, 0.25) is 0 Å². The van der Waals surface area contributed by atoms with Crippen molar-refractivity contribution in [2.45, 2.75) is 32.7 Å². The molecule has 140 valence electrons. The summed E-state index contributed by atoms with van der Waals surface area (Å²) in [6.07, 6.45) is 3.28. The first-order valence-electron chi connectivity index (χ1n) is 9.78. The molecular weight excluding hydrogens is 334 g/mol. The van der Waals surface area contributed by atoms with Crippen molar-refractivity contribution in [2.75, 3.05) is 29.9 Å². The number of aryl methyl sites for hydroxylation is 1. The summed E-state index contributed by atoms with van der Waals surface area (Å²) in [7, 11) is 0. The number of anilines is 2. The van der Waals surface area contributed by atoms with Crippen molar-refractivity contribution in [3.05, 3.63) is 59.4 Å². The number of rotatable bonds is 6. The monoisotopic (exact) mass is 361 g/mol. The van der Waals surface area contributed by atoms with E-state index in [2.05, 4.69) is 46.4 Å². The Morgan fingerprint density at radius 3 is 2.67 bits per heavy atom. The lowest BCUT2D eigenvalue weighted by Gasteiger charge is -2.21. The SMILES string of the molecule is Cc1cc(CNc2nc(CCN)nc3ccccc23)ccc1N1CCCC1. The molecule has 2 aromatic carbocycles. The molecule has 4 rings (SSSR count). The Morgan fingerprint density at radius 2 is 1.89 bits per heavy atom. The number of nitrogens with two attached hydrogens (primary N) is 1. The molecule has 2 heterocycles. The highest BCUT2D eigenvalue weighted by Gasteiger charge is 2.14. The van der Waals surface area contributed by atoms with Gasteiger partial charge in [-0.1, -0.05) is 24.3 Å². The molecule has 3 aromatic rings. The van der Waals surface area contributed by atoms with Gasteiger partial charge in [-0.3, -0.25) is 0 Å². The smallest absolute Gasteiger partial charge is 0.137 e. The average molecular weight is 361 g/mol. The molecule has 0 unspecified atom stereocenters. The van der Waals surface area contributed by atoms with Crippen LogP contribution in [-0.2, 0) is 13.0 Å². The average Bonchev–Trinajstić information content (AvgIpc) is 3.21. The number of hydrogen-bond acceptors (Lipinski definition) is 5. The van der Waals surface area contributed by atoms with Crippen LogP contribution in [0, 0.1) is 6.92 Å². The highest BCUT2D eigenvalue weighted by atomic mass is 15.1. The minimum Gasteiger partial charge on any atom is -0.371 e. The molecule has 0 bridgehead atoms. The highest BCUT2D eigenvalue weighted by Crippen LogP contribution is 2.26. The maximum atomic E-state index is 5.70. The van der Waals surface area contributed by atoms with Crippen molar-refractivity contribution in [3.8, 4) is 0 Å². The van der Waals surface area contributed by atoms with Crippen molar-refractivity contribution in [1.82, 2.24) is 9.97 Å². The lowest BCUT2D eigenvalue weighted by molar-refractivity contribution is 0.877. The van der Waals surface area contributed by atoms with Gasteiger partial charge in [-0.25, -0.2) is 9.97 Å². The Balaban J connectivity index is 1.55. The number of nitrogens with zero attached hydrogens (tertiary/aromatic N) is 3. The first kappa shape index (κ1) is 17.7. The third-order valence-corrected chi connectivity index (χ3v) is 5.19. The summed E-state index contributed by atoms with van der Waals surface area (Å²) in [6.45, 7) is 5.85. The molecule has 27 heavy (non-hydrogen) atoms. The predicted molar refractivity (Wildman–Crippen MR) is 112 cm³/mol. The summed E-state index contributed by atoms with van der Waals surface area (Å²) in [5.74, 6) is 1.67. The van der Waals surface area contributed by atoms with Gasteiger partial charge in [-0.15, -0.1) is 0 Å². The minimum atomic E-state index is 0.551. The van der Waals surface area contributed by atoms with Gasteiger partial charge in [0.2, 0.25) is 0 Å². The lowest BCUT2D eigenvalue weighted by atomic mass is 10.1. The van der Waals surface area contributed by atoms with Crippen LogP contribution >= 0.6 is 0 Å². The van der Waals surface area contributed by atoms with Crippen LogP contribution in [-0.4, -0.2) is 29.6 Å². The van der Waals surface area contributed by atoms with E-state index in [-0.39, 0.29) is 0 Å². The third kappa shape index (κ3) is 3.88. The Labute approximate surface area is 160 Å². The largest absolute Gasteiger partial charge is 0.371 e. The van der Waals surface area contributed by atoms with Gasteiger partial charge < -0.3 is 16.0 Å². The zero-order valence-electron chi connectivity index (χ0n) is 15.9. The lowest BCUT2D eigenvalue weighted by Crippen LogP contribution is -2.18. The van der Waals surface area contributed by atoms with Crippen LogP contribution in [0.15, 0.2) is 42.5 Å². The fraction of sp³-hybridized carbons (Fsp3) is 0.364. The third-order valence-electron chi connectivity index (χ3n) is 5.19. The van der Waals surface area contributed by atoms with E-state index in [0.29, 0.717) is 13.0 Å². The summed E-state index contributed by atoms with van der Waals surface area (Å²) in [5, 5.41) is 4.56. The van der Waals surface area contributed by atoms with Gasteiger partial charge in [-0.2, -0.15) is 0 Å². The Kier molecular flexibility index (Phi) is 5.21. The van der Waals surface area contributed by atoms with Gasteiger partial charge in [0.15, 0.2) is 0 Å². The highest BCUT2D eigenvalue weighted by molar-refractivity contribution is 5.89. The molecule has 0 aliphatic carbocycles. The fourth-order valence-electron chi connectivity index (χ4n) is 3.83. The summed E-state index contributed by atoms with van der Waals surface area (Å²) in [4.78, 5) is 11.8. The van der Waals surface area contributed by atoms with Crippen molar-refractivity contribution >= 4 is 22.4 Å². The molecule has 0 atom stereocenters. The normalized spacial score (nSPS) is 14.1. The van der Waals surface area contributed by atoms with Gasteiger partial charge in [0.25, 0.3) is 0 Å². The number of nitrogens with one attached hydrogen (secondary N) is 1. The minimum absolute atomic E-state index is 0.551. The first-order chi connectivity index (χ1) is 13.2. The van der Waals surface area contributed by atoms with Crippen molar-refractivity contribution in [1.29, 1.82) is 0 Å². The molecule has 5 nitrogen and oxygen atoms in total. The van der Waals surface area contributed by atoms with E-state index in [1.165, 1.54) is 42.7 Å². The standard InChI is InChI=1S/C22H27N5/c1-16-14-17(8-9-20(16)27-12-4-5-13-27)15-24-22-18-6-2-3-7-19(18)25-21(26-22)10-11-23/h2-3,6-9,14H,4-5,10-13,15,23H2,1H3,(H,24,25,26). The molecule has 0 saturated carbocycles. The van der Waals surface area contributed by atoms with Crippen molar-refractivity contribution in [3.63, 3.8) is 0 Å². The van der Waals surface area contributed by atoms with E-state index in [9.17, 15) is 0 Å². The summed E-state index contributed by atoms with van der Waals surface area (Å²) in [6, 6.07) is 14.9. The quantitative estimate of drug-likeness (QED) is 0.701. The van der Waals surface area contributed by atoms with Crippen LogP contribution in [0.1, 0.15) is 29.8 Å². The zero-order valence-corrected chi connectivity index (χ0v) is 15.9. The van der Waals surface area contributed by atoms with E-state index < -0.39 is 0 Å². The topological polar surface area (TPSA) is 67.1 Å². The van der Waals surface area contributed by atoms with Crippen LogP contribution in [0.3, 0.4) is 0 Å². The number of aromatic nitrogens is 2. The molecule has 1 fully saturated rings. The second-order valence-electron chi connectivity index (χ2n) is 7.21. The van der Waals surface area contributed by atoms with E-state index >= 15 is 0 Å². The molecule has 1 aromatic heterocycles. The van der Waals surface area contributed by atoms with Gasteiger partial charge in [0, 0.05) is 37.1 Å². The molecule has 3 N–H and O–H groups in total. The Bertz CT molecular complexity index is 931. The summed E-state index contributed by atoms with van der Waals surface area (Å²) in [5.41, 5.74) is 10.6. The summed E-state index contributed by atoms with van der Waals surface area (Å²) >= 11 is 0. The van der Waals surface area contributed by atoms with E-state index in [0.717, 1.165) is 29.1 Å². The van der Waals surface area contributed by atoms with Gasteiger partial charge >= 0.3 is 0 Å². The second-order valence-corrected chi connectivity index (χ2v) is 7.21. The predicted octanol–water partition coefficient (Wildman–Crippen LogP) is 3.65. The molecule has 0 spiro atoms. The van der Waals surface area contributed by atoms with Crippen LogP contribution in [0.4, 0.5) is 11.5 Å². The molecule has 1 aliphatic heterocycles. The molecule has 0 amide bonds. The fourth-order valence-corrected chi connectivity index (χ4v) is 3.83. The Morgan fingerprint density at radius 1 is 1.07 bits per heavy atom. The van der Waals surface area contributed by atoms with E-state index in [4.69, 9.17) is 10.7 Å². The van der Waals surface area contributed by atoms with Crippen molar-refractivity contribution < 1.29 is 0 Å². The Hall–Kier alpha value is -2.66. The van der Waals surface area contributed by atoms with Gasteiger partial charge in [0.1, 0.15) is 11.6 Å². The van der Waals surface area contributed by atoms with Crippen LogP contribution in [0.5, 0.6) is 0 Å². The number of hydrogen-bond donors (Lipinski definition) is 2. The maximum absolute atomic E-state index is 5.70. The van der Waals surface area contributed by atoms with Gasteiger partial charge in [0.05, 0.1) is 5.52 Å². The second kappa shape index (κ2) is 7.92.